The highest BCUT2D eigenvalue weighted by atomic mass is 32.2. The number of hydrogen-bond acceptors (Lipinski definition) is 4. The lowest BCUT2D eigenvalue weighted by atomic mass is 10.1. The standard InChI is InChI=1S/C13H21N3O3S/c1-3-7-15-13(17)9-16-20(18,19)12-6-4-5-11(8-12)10(2)14/h4-6,8,10,16H,3,7,9,14H2,1-2H3,(H,15,17). The van der Waals surface area contributed by atoms with E-state index < -0.39 is 10.0 Å². The van der Waals surface area contributed by atoms with Crippen molar-refractivity contribution in [2.75, 3.05) is 13.1 Å². The zero-order valence-electron chi connectivity index (χ0n) is 11.7. The SMILES string of the molecule is CCCNC(=O)CNS(=O)(=O)c1cccc(C(C)N)c1. The number of hydrogen-bond donors (Lipinski definition) is 3. The number of amides is 1. The van der Waals surface area contributed by atoms with E-state index in [9.17, 15) is 13.2 Å². The van der Waals surface area contributed by atoms with Crippen molar-refractivity contribution in [2.24, 2.45) is 5.73 Å². The van der Waals surface area contributed by atoms with Crippen molar-refractivity contribution < 1.29 is 13.2 Å². The maximum atomic E-state index is 12.1. The summed E-state index contributed by atoms with van der Waals surface area (Å²) in [4.78, 5) is 11.5. The summed E-state index contributed by atoms with van der Waals surface area (Å²) in [7, 11) is -3.70. The third-order valence-electron chi connectivity index (χ3n) is 2.69. The van der Waals surface area contributed by atoms with Crippen LogP contribution in [0.25, 0.3) is 0 Å². The summed E-state index contributed by atoms with van der Waals surface area (Å²) >= 11 is 0. The van der Waals surface area contributed by atoms with E-state index in [-0.39, 0.29) is 23.4 Å². The molecule has 0 fully saturated rings. The Kier molecular flexibility index (Phi) is 6.12. The monoisotopic (exact) mass is 299 g/mol. The van der Waals surface area contributed by atoms with Gasteiger partial charge < -0.3 is 11.1 Å². The number of carbonyl (C=O) groups excluding carboxylic acids is 1. The molecular weight excluding hydrogens is 278 g/mol. The predicted molar refractivity (Wildman–Crippen MR) is 77.5 cm³/mol. The van der Waals surface area contributed by atoms with E-state index in [1.54, 1.807) is 19.1 Å². The van der Waals surface area contributed by atoms with Gasteiger partial charge in [-0.15, -0.1) is 0 Å². The third kappa shape index (κ3) is 4.92. The quantitative estimate of drug-likeness (QED) is 0.683. The molecule has 0 aliphatic heterocycles. The van der Waals surface area contributed by atoms with E-state index in [2.05, 4.69) is 10.0 Å². The molecule has 0 spiro atoms. The summed E-state index contributed by atoms with van der Waals surface area (Å²) < 4.78 is 26.4. The fraction of sp³-hybridized carbons (Fsp3) is 0.462. The number of nitrogens with one attached hydrogen (secondary N) is 2. The molecule has 4 N–H and O–H groups in total. The smallest absolute Gasteiger partial charge is 0.241 e. The molecule has 0 saturated carbocycles. The minimum Gasteiger partial charge on any atom is -0.355 e. The summed E-state index contributed by atoms with van der Waals surface area (Å²) in [5, 5.41) is 2.60. The zero-order chi connectivity index (χ0) is 15.2. The maximum Gasteiger partial charge on any atom is 0.241 e. The van der Waals surface area contributed by atoms with E-state index in [4.69, 9.17) is 5.73 Å². The highest BCUT2D eigenvalue weighted by Gasteiger charge is 2.16. The highest BCUT2D eigenvalue weighted by Crippen LogP contribution is 2.15. The van der Waals surface area contributed by atoms with Crippen molar-refractivity contribution in [3.8, 4) is 0 Å². The molecule has 0 saturated heterocycles. The van der Waals surface area contributed by atoms with Crippen LogP contribution in [0.4, 0.5) is 0 Å². The largest absolute Gasteiger partial charge is 0.355 e. The molecule has 6 nitrogen and oxygen atoms in total. The van der Waals surface area contributed by atoms with Crippen LogP contribution in [0.5, 0.6) is 0 Å². The lowest BCUT2D eigenvalue weighted by Gasteiger charge is -2.10. The minimum absolute atomic E-state index is 0.107. The van der Waals surface area contributed by atoms with Crippen LogP contribution < -0.4 is 15.8 Å². The van der Waals surface area contributed by atoms with E-state index >= 15 is 0 Å². The number of sulfonamides is 1. The van der Waals surface area contributed by atoms with Crippen LogP contribution in [-0.2, 0) is 14.8 Å². The third-order valence-corrected chi connectivity index (χ3v) is 4.09. The maximum absolute atomic E-state index is 12.1. The summed E-state index contributed by atoms with van der Waals surface area (Å²) in [6.45, 7) is 3.95. The molecule has 20 heavy (non-hydrogen) atoms. The summed E-state index contributed by atoms with van der Waals surface area (Å²) in [6.07, 6.45) is 0.801. The lowest BCUT2D eigenvalue weighted by Crippen LogP contribution is -2.37. The van der Waals surface area contributed by atoms with E-state index in [0.717, 1.165) is 12.0 Å². The molecule has 7 heteroatoms. The molecule has 0 aliphatic carbocycles. The highest BCUT2D eigenvalue weighted by molar-refractivity contribution is 7.89. The molecule has 1 rings (SSSR count). The number of benzene rings is 1. The zero-order valence-corrected chi connectivity index (χ0v) is 12.5. The van der Waals surface area contributed by atoms with Gasteiger partial charge in [0.05, 0.1) is 11.4 Å². The topological polar surface area (TPSA) is 101 Å². The Labute approximate surface area is 119 Å². The minimum atomic E-state index is -3.70. The Hall–Kier alpha value is -1.44. The number of carbonyl (C=O) groups is 1. The van der Waals surface area contributed by atoms with Gasteiger partial charge in [0.25, 0.3) is 0 Å². The summed E-state index contributed by atoms with van der Waals surface area (Å²) in [6, 6.07) is 6.12. The van der Waals surface area contributed by atoms with Crippen molar-refractivity contribution >= 4 is 15.9 Å². The van der Waals surface area contributed by atoms with Gasteiger partial charge >= 0.3 is 0 Å². The first kappa shape index (κ1) is 16.6. The van der Waals surface area contributed by atoms with Gasteiger partial charge in [-0.3, -0.25) is 4.79 Å². The fourth-order valence-electron chi connectivity index (χ4n) is 1.54. The second kappa shape index (κ2) is 7.37. The van der Waals surface area contributed by atoms with Crippen molar-refractivity contribution in [3.05, 3.63) is 29.8 Å². The Morgan fingerprint density at radius 1 is 1.40 bits per heavy atom. The Morgan fingerprint density at radius 2 is 2.10 bits per heavy atom. The van der Waals surface area contributed by atoms with Gasteiger partial charge in [-0.05, 0) is 31.0 Å². The average molecular weight is 299 g/mol. The van der Waals surface area contributed by atoms with Crippen molar-refractivity contribution in [1.82, 2.24) is 10.0 Å². The second-order valence-electron chi connectivity index (χ2n) is 4.54. The summed E-state index contributed by atoms with van der Waals surface area (Å²) in [5.74, 6) is -0.348. The van der Waals surface area contributed by atoms with E-state index in [0.29, 0.717) is 6.54 Å². The molecule has 1 unspecified atom stereocenters. The normalized spacial score (nSPS) is 12.9. The van der Waals surface area contributed by atoms with Crippen LogP contribution in [0, 0.1) is 0 Å². The first-order chi connectivity index (χ1) is 9.36. The van der Waals surface area contributed by atoms with Gasteiger partial charge in [0.15, 0.2) is 0 Å². The number of rotatable bonds is 7. The van der Waals surface area contributed by atoms with Crippen molar-refractivity contribution in [1.29, 1.82) is 0 Å². The van der Waals surface area contributed by atoms with Crippen LogP contribution >= 0.6 is 0 Å². The van der Waals surface area contributed by atoms with Crippen LogP contribution in [0.15, 0.2) is 29.2 Å². The molecule has 1 atom stereocenters. The van der Waals surface area contributed by atoms with Gasteiger partial charge in [0, 0.05) is 12.6 Å². The fourth-order valence-corrected chi connectivity index (χ4v) is 2.57. The Morgan fingerprint density at radius 3 is 2.70 bits per heavy atom. The Balaban J connectivity index is 2.74. The van der Waals surface area contributed by atoms with Crippen molar-refractivity contribution in [3.63, 3.8) is 0 Å². The first-order valence-corrected chi connectivity index (χ1v) is 7.97. The Bertz CT molecular complexity index is 556. The average Bonchev–Trinajstić information content (AvgIpc) is 2.43. The molecule has 0 radical (unpaired) electrons. The molecule has 0 bridgehead atoms. The molecule has 1 amide bonds. The van der Waals surface area contributed by atoms with Gasteiger partial charge in [-0.1, -0.05) is 19.1 Å². The molecule has 112 valence electrons. The van der Waals surface area contributed by atoms with Gasteiger partial charge in [0.2, 0.25) is 15.9 Å². The van der Waals surface area contributed by atoms with Gasteiger partial charge in [-0.2, -0.15) is 0 Å². The summed E-state index contributed by atoms with van der Waals surface area (Å²) in [5.41, 5.74) is 6.45. The van der Waals surface area contributed by atoms with Crippen LogP contribution in [0.1, 0.15) is 31.9 Å². The van der Waals surface area contributed by atoms with Gasteiger partial charge in [-0.25, -0.2) is 13.1 Å². The van der Waals surface area contributed by atoms with Crippen LogP contribution in [0.3, 0.4) is 0 Å². The molecule has 0 aromatic heterocycles. The van der Waals surface area contributed by atoms with E-state index in [1.165, 1.54) is 12.1 Å². The second-order valence-corrected chi connectivity index (χ2v) is 6.30. The number of nitrogens with two attached hydrogens (primary N) is 1. The predicted octanol–water partition coefficient (Wildman–Crippen LogP) is 0.511. The van der Waals surface area contributed by atoms with Crippen molar-refractivity contribution in [2.45, 2.75) is 31.2 Å². The molecule has 1 aromatic carbocycles. The van der Waals surface area contributed by atoms with E-state index in [1.807, 2.05) is 6.92 Å². The van der Waals surface area contributed by atoms with Crippen LogP contribution in [0.2, 0.25) is 0 Å². The molecule has 0 aliphatic rings. The lowest BCUT2D eigenvalue weighted by molar-refractivity contribution is -0.119. The molecular formula is C13H21N3O3S. The molecule has 0 heterocycles. The first-order valence-electron chi connectivity index (χ1n) is 6.48. The van der Waals surface area contributed by atoms with Crippen LogP contribution in [-0.4, -0.2) is 27.4 Å². The molecule has 1 aromatic rings. The van der Waals surface area contributed by atoms with Gasteiger partial charge in [0.1, 0.15) is 0 Å².